The number of carbonyl (C=O) groups is 2. The summed E-state index contributed by atoms with van der Waals surface area (Å²) >= 11 is 0. The molecule has 0 saturated carbocycles. The van der Waals surface area contributed by atoms with Crippen LogP contribution in [0.2, 0.25) is 0 Å². The fourth-order valence-corrected chi connectivity index (χ4v) is 2.22. The Bertz CT molecular complexity index is 693. The Morgan fingerprint density at radius 3 is 2.73 bits per heavy atom. The van der Waals surface area contributed by atoms with Crippen LogP contribution in [0.25, 0.3) is 0 Å². The van der Waals surface area contributed by atoms with Crippen LogP contribution in [-0.2, 0) is 16.0 Å². The highest BCUT2D eigenvalue weighted by Gasteiger charge is 2.23. The van der Waals surface area contributed by atoms with Crippen molar-refractivity contribution >= 4 is 23.4 Å². The number of anilines is 2. The quantitative estimate of drug-likeness (QED) is 0.935. The van der Waals surface area contributed by atoms with Gasteiger partial charge in [-0.15, -0.1) is 0 Å². The monoisotopic (exact) mass is 301 g/mol. The van der Waals surface area contributed by atoms with Gasteiger partial charge >= 0.3 is 6.09 Å². The van der Waals surface area contributed by atoms with Gasteiger partial charge in [-0.2, -0.15) is 0 Å². The van der Waals surface area contributed by atoms with E-state index < -0.39 is 0 Å². The van der Waals surface area contributed by atoms with Crippen LogP contribution in [0.3, 0.4) is 0 Å². The van der Waals surface area contributed by atoms with Crippen LogP contribution in [0.4, 0.5) is 16.2 Å². The first kappa shape index (κ1) is 14.1. The molecule has 1 aliphatic heterocycles. The molecule has 0 bridgehead atoms. The van der Waals surface area contributed by atoms with Gasteiger partial charge in [0.2, 0.25) is 5.91 Å². The van der Waals surface area contributed by atoms with E-state index in [4.69, 9.17) is 9.26 Å². The highest BCUT2D eigenvalue weighted by atomic mass is 16.6. The molecule has 1 saturated heterocycles. The van der Waals surface area contributed by atoms with Crippen LogP contribution < -0.4 is 10.2 Å². The number of benzene rings is 1. The third kappa shape index (κ3) is 3.08. The number of nitrogens with one attached hydrogen (secondary N) is 1. The Balaban J connectivity index is 1.61. The van der Waals surface area contributed by atoms with Gasteiger partial charge in [-0.25, -0.2) is 4.79 Å². The van der Waals surface area contributed by atoms with Gasteiger partial charge in [0.05, 0.1) is 18.7 Å². The zero-order valence-corrected chi connectivity index (χ0v) is 12.0. The number of ether oxygens (including phenoxy) is 1. The second-order valence-electron chi connectivity index (χ2n) is 4.97. The Kier molecular flexibility index (Phi) is 3.78. The summed E-state index contributed by atoms with van der Waals surface area (Å²) in [6.07, 6.45) is -0.199. The largest absolute Gasteiger partial charge is 0.447 e. The number of nitrogens with zero attached hydrogens (tertiary/aromatic N) is 2. The smallest absolute Gasteiger partial charge is 0.414 e. The van der Waals surface area contributed by atoms with Crippen molar-refractivity contribution in [2.75, 3.05) is 23.4 Å². The first-order valence-corrected chi connectivity index (χ1v) is 6.88. The second-order valence-corrected chi connectivity index (χ2v) is 4.97. The molecule has 0 radical (unpaired) electrons. The number of carbonyl (C=O) groups excluding carboxylic acids is 2. The summed E-state index contributed by atoms with van der Waals surface area (Å²) in [6, 6.07) is 8.74. The van der Waals surface area contributed by atoms with E-state index in [1.165, 1.54) is 0 Å². The SMILES string of the molecule is Cc1cc(CC(=O)Nc2ccc(N3CCOC3=O)cc2)no1. The third-order valence-corrected chi connectivity index (χ3v) is 3.24. The molecular weight excluding hydrogens is 286 g/mol. The van der Waals surface area contributed by atoms with E-state index in [2.05, 4.69) is 10.5 Å². The van der Waals surface area contributed by atoms with E-state index in [1.807, 2.05) is 0 Å². The van der Waals surface area contributed by atoms with Crippen LogP contribution in [-0.4, -0.2) is 30.3 Å². The molecule has 2 amide bonds. The van der Waals surface area contributed by atoms with Gasteiger partial charge in [0.1, 0.15) is 12.4 Å². The van der Waals surface area contributed by atoms with Gasteiger partial charge in [0.25, 0.3) is 0 Å². The number of hydrogen-bond donors (Lipinski definition) is 1. The Morgan fingerprint density at radius 2 is 2.14 bits per heavy atom. The average molecular weight is 301 g/mol. The van der Waals surface area contributed by atoms with Crippen molar-refractivity contribution in [1.82, 2.24) is 5.16 Å². The average Bonchev–Trinajstić information content (AvgIpc) is 3.08. The lowest BCUT2D eigenvalue weighted by molar-refractivity contribution is -0.115. The van der Waals surface area contributed by atoms with E-state index in [0.29, 0.717) is 30.3 Å². The standard InChI is InChI=1S/C15H15N3O4/c1-10-8-12(17-22-10)9-14(19)16-11-2-4-13(5-3-11)18-6-7-21-15(18)20/h2-5,8H,6-7,9H2,1H3,(H,16,19). The van der Waals surface area contributed by atoms with Crippen LogP contribution in [0, 0.1) is 6.92 Å². The molecule has 1 fully saturated rings. The fourth-order valence-electron chi connectivity index (χ4n) is 2.22. The Hall–Kier alpha value is -2.83. The molecule has 0 atom stereocenters. The van der Waals surface area contributed by atoms with E-state index >= 15 is 0 Å². The maximum atomic E-state index is 11.9. The highest BCUT2D eigenvalue weighted by Crippen LogP contribution is 2.21. The molecule has 114 valence electrons. The van der Waals surface area contributed by atoms with Crippen molar-refractivity contribution < 1.29 is 18.8 Å². The number of cyclic esters (lactones) is 1. The highest BCUT2D eigenvalue weighted by molar-refractivity contribution is 5.93. The zero-order chi connectivity index (χ0) is 15.5. The number of aromatic nitrogens is 1. The lowest BCUT2D eigenvalue weighted by Crippen LogP contribution is -2.23. The van der Waals surface area contributed by atoms with Gasteiger partial charge in [0, 0.05) is 17.4 Å². The molecule has 1 aliphatic rings. The Morgan fingerprint density at radius 1 is 1.36 bits per heavy atom. The van der Waals surface area contributed by atoms with Crippen molar-refractivity contribution in [1.29, 1.82) is 0 Å². The molecule has 2 heterocycles. The summed E-state index contributed by atoms with van der Waals surface area (Å²) < 4.78 is 9.80. The summed E-state index contributed by atoms with van der Waals surface area (Å²) in [4.78, 5) is 24.9. The second kappa shape index (κ2) is 5.88. The van der Waals surface area contributed by atoms with Crippen LogP contribution in [0.5, 0.6) is 0 Å². The minimum absolute atomic E-state index is 0.150. The predicted molar refractivity (Wildman–Crippen MR) is 78.7 cm³/mol. The summed E-state index contributed by atoms with van der Waals surface area (Å²) in [7, 11) is 0. The Labute approximate surface area is 126 Å². The molecule has 0 aliphatic carbocycles. The van der Waals surface area contributed by atoms with Crippen LogP contribution >= 0.6 is 0 Å². The molecule has 3 rings (SSSR count). The van der Waals surface area contributed by atoms with Crippen molar-refractivity contribution in [2.24, 2.45) is 0 Å². The maximum Gasteiger partial charge on any atom is 0.414 e. The number of hydrogen-bond acceptors (Lipinski definition) is 5. The fraction of sp³-hybridized carbons (Fsp3) is 0.267. The first-order chi connectivity index (χ1) is 10.6. The molecule has 1 aromatic carbocycles. The van der Waals surface area contributed by atoms with E-state index in [0.717, 1.165) is 5.69 Å². The molecule has 0 spiro atoms. The first-order valence-electron chi connectivity index (χ1n) is 6.88. The number of aryl methyl sites for hydroxylation is 1. The molecule has 0 unspecified atom stereocenters. The minimum atomic E-state index is -0.349. The van der Waals surface area contributed by atoms with E-state index in [9.17, 15) is 9.59 Å². The molecule has 22 heavy (non-hydrogen) atoms. The van der Waals surface area contributed by atoms with E-state index in [-0.39, 0.29) is 18.4 Å². The lowest BCUT2D eigenvalue weighted by Gasteiger charge is -2.13. The maximum absolute atomic E-state index is 11.9. The molecular formula is C15H15N3O4. The minimum Gasteiger partial charge on any atom is -0.447 e. The molecule has 1 N–H and O–H groups in total. The lowest BCUT2D eigenvalue weighted by atomic mass is 10.2. The van der Waals surface area contributed by atoms with Crippen molar-refractivity contribution in [2.45, 2.75) is 13.3 Å². The predicted octanol–water partition coefficient (Wildman–Crippen LogP) is 2.12. The summed E-state index contributed by atoms with van der Waals surface area (Å²) in [5.74, 6) is 0.492. The van der Waals surface area contributed by atoms with E-state index in [1.54, 1.807) is 42.2 Å². The number of rotatable bonds is 4. The van der Waals surface area contributed by atoms with Gasteiger partial charge in [-0.3, -0.25) is 9.69 Å². The third-order valence-electron chi connectivity index (χ3n) is 3.24. The van der Waals surface area contributed by atoms with Crippen LogP contribution in [0.1, 0.15) is 11.5 Å². The van der Waals surface area contributed by atoms with Gasteiger partial charge < -0.3 is 14.6 Å². The summed E-state index contributed by atoms with van der Waals surface area (Å²) in [5.41, 5.74) is 1.99. The molecule has 7 heteroatoms. The summed E-state index contributed by atoms with van der Waals surface area (Å²) in [6.45, 7) is 2.71. The van der Waals surface area contributed by atoms with Crippen molar-refractivity contribution in [3.05, 3.63) is 41.8 Å². The van der Waals surface area contributed by atoms with Gasteiger partial charge in [0.15, 0.2) is 0 Å². The molecule has 2 aromatic rings. The normalized spacial score (nSPS) is 14.0. The van der Waals surface area contributed by atoms with Crippen molar-refractivity contribution in [3.63, 3.8) is 0 Å². The van der Waals surface area contributed by atoms with Crippen molar-refractivity contribution in [3.8, 4) is 0 Å². The molecule has 7 nitrogen and oxygen atoms in total. The van der Waals surface area contributed by atoms with Crippen LogP contribution in [0.15, 0.2) is 34.9 Å². The van der Waals surface area contributed by atoms with Gasteiger partial charge in [-0.05, 0) is 31.2 Å². The zero-order valence-electron chi connectivity index (χ0n) is 12.0. The number of amides is 2. The summed E-state index contributed by atoms with van der Waals surface area (Å²) in [5, 5.41) is 6.55. The van der Waals surface area contributed by atoms with Gasteiger partial charge in [-0.1, -0.05) is 5.16 Å². The molecule has 1 aromatic heterocycles. The topological polar surface area (TPSA) is 84.7 Å².